The largest absolute Gasteiger partial charge is 0.384 e. The zero-order valence-electron chi connectivity index (χ0n) is 10.5. The van der Waals surface area contributed by atoms with Crippen LogP contribution in [0.15, 0.2) is 42.5 Å². The van der Waals surface area contributed by atoms with Crippen molar-refractivity contribution >= 4 is 0 Å². The van der Waals surface area contributed by atoms with Crippen LogP contribution >= 0.6 is 0 Å². The van der Waals surface area contributed by atoms with Crippen LogP contribution in [0.4, 0.5) is 0 Å². The number of aliphatic hydroxyl groups is 1. The molecule has 1 atom stereocenters. The molecule has 0 radical (unpaired) electrons. The van der Waals surface area contributed by atoms with Gasteiger partial charge in [-0.1, -0.05) is 36.9 Å². The fourth-order valence-electron chi connectivity index (χ4n) is 2.55. The first-order valence-corrected chi connectivity index (χ1v) is 6.22. The molecule has 2 rings (SSSR count). The Bertz CT molecular complexity index is 463. The normalized spacial score (nSPS) is 24.4. The number of likely N-dealkylation sites (tertiary alicyclic amines) is 1. The number of hydrogen-bond donors (Lipinski definition) is 1. The molecule has 1 fully saturated rings. The van der Waals surface area contributed by atoms with E-state index in [2.05, 4.69) is 17.5 Å². The van der Waals surface area contributed by atoms with E-state index in [0.717, 1.165) is 24.9 Å². The van der Waals surface area contributed by atoms with E-state index in [0.29, 0.717) is 18.7 Å². The molecule has 1 aromatic carbocycles. The summed E-state index contributed by atoms with van der Waals surface area (Å²) < 4.78 is 0. The van der Waals surface area contributed by atoms with Crippen molar-refractivity contribution in [1.29, 1.82) is 5.26 Å². The van der Waals surface area contributed by atoms with Gasteiger partial charge < -0.3 is 5.11 Å². The smallest absolute Gasteiger partial charge is 0.102 e. The van der Waals surface area contributed by atoms with Gasteiger partial charge in [0.2, 0.25) is 0 Å². The van der Waals surface area contributed by atoms with E-state index in [1.165, 1.54) is 0 Å². The summed E-state index contributed by atoms with van der Waals surface area (Å²) in [5.41, 5.74) is 0.708. The molecule has 0 spiro atoms. The Morgan fingerprint density at radius 3 is 2.83 bits per heavy atom. The Labute approximate surface area is 108 Å². The molecule has 0 aromatic heterocycles. The topological polar surface area (TPSA) is 47.3 Å². The highest BCUT2D eigenvalue weighted by molar-refractivity contribution is 5.24. The molecule has 0 amide bonds. The molecule has 3 heteroatoms. The van der Waals surface area contributed by atoms with Crippen molar-refractivity contribution in [3.8, 4) is 6.07 Å². The highest BCUT2D eigenvalue weighted by Crippen LogP contribution is 2.31. The van der Waals surface area contributed by atoms with Crippen molar-refractivity contribution in [2.24, 2.45) is 0 Å². The zero-order valence-corrected chi connectivity index (χ0v) is 10.5. The van der Waals surface area contributed by atoms with Crippen LogP contribution in [0.5, 0.6) is 0 Å². The molecule has 1 aliphatic heterocycles. The van der Waals surface area contributed by atoms with E-state index < -0.39 is 5.60 Å². The molecule has 0 aliphatic carbocycles. The highest BCUT2D eigenvalue weighted by Gasteiger charge is 2.34. The highest BCUT2D eigenvalue weighted by atomic mass is 16.3. The van der Waals surface area contributed by atoms with Gasteiger partial charge in [-0.15, -0.1) is 0 Å². The van der Waals surface area contributed by atoms with Gasteiger partial charge >= 0.3 is 0 Å². The second-order valence-electron chi connectivity index (χ2n) is 4.93. The van der Waals surface area contributed by atoms with Gasteiger partial charge in [-0.2, -0.15) is 5.26 Å². The van der Waals surface area contributed by atoms with Gasteiger partial charge in [0, 0.05) is 18.7 Å². The fourth-order valence-corrected chi connectivity index (χ4v) is 2.55. The van der Waals surface area contributed by atoms with Crippen molar-refractivity contribution in [1.82, 2.24) is 4.90 Å². The molecule has 94 valence electrons. The molecule has 1 unspecified atom stereocenters. The van der Waals surface area contributed by atoms with Crippen LogP contribution < -0.4 is 0 Å². The lowest BCUT2D eigenvalue weighted by Gasteiger charge is -2.39. The molecule has 0 bridgehead atoms. The number of piperidine rings is 1. The standard InChI is InChI=1S/C15H18N2O/c1-13(10-16)11-17-9-5-8-15(18,12-17)14-6-3-2-4-7-14/h2-4,6-7,18H,1,5,8-9,11-12H2. The van der Waals surface area contributed by atoms with Gasteiger partial charge in [0.25, 0.3) is 0 Å². The minimum Gasteiger partial charge on any atom is -0.384 e. The van der Waals surface area contributed by atoms with E-state index >= 15 is 0 Å². The van der Waals surface area contributed by atoms with Gasteiger partial charge in [0.1, 0.15) is 5.60 Å². The maximum atomic E-state index is 10.7. The Balaban J connectivity index is 2.11. The Morgan fingerprint density at radius 2 is 2.17 bits per heavy atom. The lowest BCUT2D eigenvalue weighted by Crippen LogP contribution is -2.46. The summed E-state index contributed by atoms with van der Waals surface area (Å²) in [4.78, 5) is 2.10. The van der Waals surface area contributed by atoms with E-state index in [1.807, 2.05) is 30.3 Å². The summed E-state index contributed by atoms with van der Waals surface area (Å²) in [5.74, 6) is 0. The van der Waals surface area contributed by atoms with Gasteiger partial charge in [0.05, 0.1) is 6.07 Å². The second-order valence-corrected chi connectivity index (χ2v) is 4.93. The van der Waals surface area contributed by atoms with Gasteiger partial charge in [-0.05, 0) is 24.9 Å². The predicted molar refractivity (Wildman–Crippen MR) is 70.8 cm³/mol. The van der Waals surface area contributed by atoms with Crippen LogP contribution in [0, 0.1) is 11.3 Å². The Hall–Kier alpha value is -1.63. The quantitative estimate of drug-likeness (QED) is 0.825. The average Bonchev–Trinajstić information content (AvgIpc) is 2.40. The van der Waals surface area contributed by atoms with Crippen molar-refractivity contribution in [3.05, 3.63) is 48.0 Å². The molecular formula is C15H18N2O. The van der Waals surface area contributed by atoms with E-state index in [1.54, 1.807) is 0 Å². The van der Waals surface area contributed by atoms with E-state index in [9.17, 15) is 5.11 Å². The maximum Gasteiger partial charge on any atom is 0.102 e. The first kappa shape index (κ1) is 12.8. The lowest BCUT2D eigenvalue weighted by molar-refractivity contribution is -0.0326. The maximum absolute atomic E-state index is 10.7. The summed E-state index contributed by atoms with van der Waals surface area (Å²) in [7, 11) is 0. The molecule has 1 heterocycles. The third kappa shape index (κ3) is 2.79. The number of nitriles is 1. The molecule has 0 saturated carbocycles. The molecule has 18 heavy (non-hydrogen) atoms. The molecule has 1 aliphatic rings. The van der Waals surface area contributed by atoms with Crippen molar-refractivity contribution in [2.45, 2.75) is 18.4 Å². The van der Waals surface area contributed by atoms with Crippen LogP contribution in [0.2, 0.25) is 0 Å². The predicted octanol–water partition coefficient (Wildman–Crippen LogP) is 2.05. The molecular weight excluding hydrogens is 224 g/mol. The van der Waals surface area contributed by atoms with Gasteiger partial charge in [0.15, 0.2) is 0 Å². The SMILES string of the molecule is C=C(C#N)CN1CCCC(O)(c2ccccc2)C1. The third-order valence-electron chi connectivity index (χ3n) is 3.43. The number of rotatable bonds is 3. The monoisotopic (exact) mass is 242 g/mol. The van der Waals surface area contributed by atoms with E-state index in [4.69, 9.17) is 5.26 Å². The van der Waals surface area contributed by atoms with Gasteiger partial charge in [-0.25, -0.2) is 0 Å². The van der Waals surface area contributed by atoms with Crippen LogP contribution in [0.1, 0.15) is 18.4 Å². The number of hydrogen-bond acceptors (Lipinski definition) is 3. The number of β-amino-alcohol motifs (C(OH)–C–C–N with tert-alkyl or cyclic N) is 1. The zero-order chi connectivity index (χ0) is 13.0. The molecule has 1 N–H and O–H groups in total. The van der Waals surface area contributed by atoms with Crippen LogP contribution in [0.3, 0.4) is 0 Å². The van der Waals surface area contributed by atoms with Crippen LogP contribution in [0.25, 0.3) is 0 Å². The lowest BCUT2D eigenvalue weighted by atomic mass is 9.85. The van der Waals surface area contributed by atoms with Gasteiger partial charge in [-0.3, -0.25) is 4.90 Å². The number of benzene rings is 1. The first-order valence-electron chi connectivity index (χ1n) is 6.22. The van der Waals surface area contributed by atoms with Crippen molar-refractivity contribution < 1.29 is 5.11 Å². The molecule has 3 nitrogen and oxygen atoms in total. The summed E-state index contributed by atoms with van der Waals surface area (Å²) in [5, 5.41) is 19.5. The number of nitrogens with zero attached hydrogens (tertiary/aromatic N) is 2. The summed E-state index contributed by atoms with van der Waals surface area (Å²) >= 11 is 0. The Kier molecular flexibility index (Phi) is 3.81. The van der Waals surface area contributed by atoms with Crippen LogP contribution in [-0.2, 0) is 5.60 Å². The summed E-state index contributed by atoms with van der Waals surface area (Å²) in [6.45, 7) is 5.73. The average molecular weight is 242 g/mol. The van der Waals surface area contributed by atoms with Crippen LogP contribution in [-0.4, -0.2) is 29.6 Å². The van der Waals surface area contributed by atoms with Crippen molar-refractivity contribution in [3.63, 3.8) is 0 Å². The molecule has 1 aromatic rings. The molecule has 1 saturated heterocycles. The van der Waals surface area contributed by atoms with E-state index in [-0.39, 0.29) is 0 Å². The summed E-state index contributed by atoms with van der Waals surface area (Å²) in [6, 6.07) is 11.8. The third-order valence-corrected chi connectivity index (χ3v) is 3.43. The summed E-state index contributed by atoms with van der Waals surface area (Å²) in [6.07, 6.45) is 1.71. The first-order chi connectivity index (χ1) is 8.64. The van der Waals surface area contributed by atoms with Crippen molar-refractivity contribution in [2.75, 3.05) is 19.6 Å². The fraction of sp³-hybridized carbons (Fsp3) is 0.400. The minimum atomic E-state index is -0.796. The second kappa shape index (κ2) is 5.34. The minimum absolute atomic E-state index is 0.547. The Morgan fingerprint density at radius 1 is 1.44 bits per heavy atom.